The van der Waals surface area contributed by atoms with Crippen LogP contribution in [0.1, 0.15) is 24.4 Å². The van der Waals surface area contributed by atoms with Crippen LogP contribution in [0, 0.1) is 0 Å². The van der Waals surface area contributed by atoms with Crippen molar-refractivity contribution in [3.05, 3.63) is 22.2 Å². The van der Waals surface area contributed by atoms with Gasteiger partial charge in [-0.1, -0.05) is 6.07 Å². The van der Waals surface area contributed by atoms with Crippen LogP contribution in [0.15, 0.2) is 16.6 Å². The van der Waals surface area contributed by atoms with Crippen molar-refractivity contribution in [3.8, 4) is 11.5 Å². The number of carboxylic acid groups (broad SMARTS) is 1. The maximum absolute atomic E-state index is 10.7. The van der Waals surface area contributed by atoms with E-state index in [1.54, 1.807) is 12.1 Å². The van der Waals surface area contributed by atoms with Crippen molar-refractivity contribution in [2.24, 2.45) is 5.73 Å². The highest BCUT2D eigenvalue weighted by Gasteiger charge is 2.21. The van der Waals surface area contributed by atoms with E-state index in [2.05, 4.69) is 15.9 Å². The Bertz CT molecular complexity index is 464. The molecule has 0 saturated carbocycles. The van der Waals surface area contributed by atoms with Gasteiger partial charge in [-0.05, 0) is 27.6 Å². The Kier molecular flexibility index (Phi) is 4.08. The summed E-state index contributed by atoms with van der Waals surface area (Å²) in [4.78, 5) is 10.7. The Hall–Kier alpha value is -1.27. The van der Waals surface area contributed by atoms with E-state index in [4.69, 9.17) is 20.3 Å². The van der Waals surface area contributed by atoms with Crippen molar-refractivity contribution >= 4 is 21.9 Å². The van der Waals surface area contributed by atoms with Crippen molar-refractivity contribution in [1.29, 1.82) is 0 Å². The molecule has 6 heteroatoms. The molecule has 1 heterocycles. The highest BCUT2D eigenvalue weighted by Crippen LogP contribution is 2.41. The summed E-state index contributed by atoms with van der Waals surface area (Å²) in [5, 5.41) is 8.77. The van der Waals surface area contributed by atoms with E-state index < -0.39 is 12.0 Å². The minimum Gasteiger partial charge on any atom is -0.490 e. The van der Waals surface area contributed by atoms with Crippen LogP contribution in [-0.2, 0) is 4.79 Å². The maximum Gasteiger partial charge on any atom is 0.305 e. The number of benzene rings is 1. The zero-order valence-electron chi connectivity index (χ0n) is 9.69. The normalized spacial score (nSPS) is 15.9. The molecule has 3 N–H and O–H groups in total. The molecule has 0 aromatic heterocycles. The summed E-state index contributed by atoms with van der Waals surface area (Å²) < 4.78 is 11.8. The van der Waals surface area contributed by atoms with Crippen LogP contribution in [0.3, 0.4) is 0 Å². The van der Waals surface area contributed by atoms with Crippen LogP contribution in [0.25, 0.3) is 0 Å². The molecule has 0 radical (unpaired) electrons. The van der Waals surface area contributed by atoms with E-state index in [1.165, 1.54) is 0 Å². The van der Waals surface area contributed by atoms with E-state index in [0.717, 1.165) is 6.42 Å². The second kappa shape index (κ2) is 5.58. The molecule has 1 aliphatic rings. The lowest BCUT2D eigenvalue weighted by atomic mass is 10.0. The molecule has 0 aliphatic carbocycles. The highest BCUT2D eigenvalue weighted by atomic mass is 79.9. The fourth-order valence-corrected chi connectivity index (χ4v) is 2.54. The van der Waals surface area contributed by atoms with Crippen LogP contribution in [0.2, 0.25) is 0 Å². The molecule has 98 valence electrons. The first-order chi connectivity index (χ1) is 8.59. The monoisotopic (exact) mass is 315 g/mol. The summed E-state index contributed by atoms with van der Waals surface area (Å²) in [6.45, 7) is 1.18. The molecule has 5 nitrogen and oxygen atoms in total. The number of carboxylic acids is 1. The van der Waals surface area contributed by atoms with E-state index in [-0.39, 0.29) is 6.42 Å². The van der Waals surface area contributed by atoms with Crippen LogP contribution in [0.4, 0.5) is 0 Å². The molecule has 1 atom stereocenters. The minimum atomic E-state index is -0.929. The number of carbonyl (C=O) groups is 1. The first-order valence-electron chi connectivity index (χ1n) is 5.65. The SMILES string of the molecule is NC(CC(=O)O)c1ccc2c(c1Br)OCCCO2. The van der Waals surface area contributed by atoms with Gasteiger partial charge in [0.1, 0.15) is 0 Å². The first-order valence-corrected chi connectivity index (χ1v) is 6.44. The van der Waals surface area contributed by atoms with E-state index in [9.17, 15) is 4.79 Å². The number of rotatable bonds is 3. The summed E-state index contributed by atoms with van der Waals surface area (Å²) in [7, 11) is 0. The van der Waals surface area contributed by atoms with Gasteiger partial charge in [0.2, 0.25) is 0 Å². The molecular formula is C12H14BrNO4. The molecule has 0 spiro atoms. The van der Waals surface area contributed by atoms with Gasteiger partial charge in [0.05, 0.1) is 24.1 Å². The Labute approximate surface area is 113 Å². The number of aliphatic carboxylic acids is 1. The highest BCUT2D eigenvalue weighted by molar-refractivity contribution is 9.10. The average Bonchev–Trinajstić information content (AvgIpc) is 2.54. The fraction of sp³-hybridized carbons (Fsp3) is 0.417. The van der Waals surface area contributed by atoms with E-state index in [0.29, 0.717) is 34.7 Å². The number of hydrogen-bond donors (Lipinski definition) is 2. The summed E-state index contributed by atoms with van der Waals surface area (Å²) in [5.41, 5.74) is 6.57. The van der Waals surface area contributed by atoms with Crippen molar-refractivity contribution < 1.29 is 19.4 Å². The number of hydrogen-bond acceptors (Lipinski definition) is 4. The van der Waals surface area contributed by atoms with E-state index in [1.807, 2.05) is 0 Å². The molecule has 2 rings (SSSR count). The number of halogens is 1. The zero-order chi connectivity index (χ0) is 13.1. The second-order valence-corrected chi connectivity index (χ2v) is 4.84. The summed E-state index contributed by atoms with van der Waals surface area (Å²) in [5.74, 6) is 0.331. The van der Waals surface area contributed by atoms with Gasteiger partial charge in [0, 0.05) is 12.5 Å². The van der Waals surface area contributed by atoms with Crippen LogP contribution >= 0.6 is 15.9 Å². The van der Waals surface area contributed by atoms with Crippen molar-refractivity contribution in [2.45, 2.75) is 18.9 Å². The van der Waals surface area contributed by atoms with Crippen LogP contribution in [-0.4, -0.2) is 24.3 Å². The Morgan fingerprint density at radius 2 is 2.17 bits per heavy atom. The van der Waals surface area contributed by atoms with Gasteiger partial charge in [0.15, 0.2) is 11.5 Å². The predicted molar refractivity (Wildman–Crippen MR) is 68.9 cm³/mol. The third kappa shape index (κ3) is 2.76. The van der Waals surface area contributed by atoms with Crippen LogP contribution < -0.4 is 15.2 Å². The first kappa shape index (κ1) is 13.2. The number of nitrogens with two attached hydrogens (primary N) is 1. The lowest BCUT2D eigenvalue weighted by Crippen LogP contribution is -2.15. The standard InChI is InChI=1S/C12H14BrNO4/c13-11-7(8(14)6-10(15)16)2-3-9-12(11)18-5-1-4-17-9/h2-3,8H,1,4-6,14H2,(H,15,16). The molecule has 0 amide bonds. The molecule has 0 bridgehead atoms. The van der Waals surface area contributed by atoms with Gasteiger partial charge in [-0.25, -0.2) is 0 Å². The van der Waals surface area contributed by atoms with Gasteiger partial charge in [-0.15, -0.1) is 0 Å². The summed E-state index contributed by atoms with van der Waals surface area (Å²) >= 11 is 3.41. The molecule has 1 aromatic carbocycles. The molecule has 1 aliphatic heterocycles. The van der Waals surface area contributed by atoms with E-state index >= 15 is 0 Å². The van der Waals surface area contributed by atoms with Gasteiger partial charge < -0.3 is 20.3 Å². The quantitative estimate of drug-likeness (QED) is 0.892. The Morgan fingerprint density at radius 1 is 1.44 bits per heavy atom. The Balaban J connectivity index is 2.33. The second-order valence-electron chi connectivity index (χ2n) is 4.05. The Morgan fingerprint density at radius 3 is 2.89 bits per heavy atom. The molecule has 1 aromatic rings. The third-order valence-electron chi connectivity index (χ3n) is 2.68. The molecule has 1 unspecified atom stereocenters. The fourth-order valence-electron chi connectivity index (χ4n) is 1.80. The molecule has 0 saturated heterocycles. The van der Waals surface area contributed by atoms with Gasteiger partial charge >= 0.3 is 5.97 Å². The van der Waals surface area contributed by atoms with Gasteiger partial charge in [0.25, 0.3) is 0 Å². The third-order valence-corrected chi connectivity index (χ3v) is 3.50. The average molecular weight is 316 g/mol. The molecular weight excluding hydrogens is 302 g/mol. The zero-order valence-corrected chi connectivity index (χ0v) is 11.3. The summed E-state index contributed by atoms with van der Waals surface area (Å²) in [6, 6.07) is 2.96. The minimum absolute atomic E-state index is 0.127. The summed E-state index contributed by atoms with van der Waals surface area (Å²) in [6.07, 6.45) is 0.690. The van der Waals surface area contributed by atoms with Gasteiger partial charge in [-0.3, -0.25) is 4.79 Å². The van der Waals surface area contributed by atoms with Crippen molar-refractivity contribution in [3.63, 3.8) is 0 Å². The lowest BCUT2D eigenvalue weighted by Gasteiger charge is -2.16. The predicted octanol–water partition coefficient (Wildman–Crippen LogP) is 2.08. The largest absolute Gasteiger partial charge is 0.490 e. The van der Waals surface area contributed by atoms with Crippen molar-refractivity contribution in [2.75, 3.05) is 13.2 Å². The molecule has 18 heavy (non-hydrogen) atoms. The van der Waals surface area contributed by atoms with Gasteiger partial charge in [-0.2, -0.15) is 0 Å². The topological polar surface area (TPSA) is 81.8 Å². The maximum atomic E-state index is 10.7. The van der Waals surface area contributed by atoms with Crippen molar-refractivity contribution in [1.82, 2.24) is 0 Å². The van der Waals surface area contributed by atoms with Crippen LogP contribution in [0.5, 0.6) is 11.5 Å². The lowest BCUT2D eigenvalue weighted by molar-refractivity contribution is -0.137. The number of ether oxygens (including phenoxy) is 2. The number of fused-ring (bicyclic) bond motifs is 1. The molecule has 0 fully saturated rings. The smallest absolute Gasteiger partial charge is 0.305 e.